The van der Waals surface area contributed by atoms with Crippen LogP contribution < -0.4 is 4.74 Å². The average molecular weight is 380 g/mol. The molecule has 0 saturated carbocycles. The van der Waals surface area contributed by atoms with Crippen molar-refractivity contribution < 1.29 is 14.3 Å². The van der Waals surface area contributed by atoms with E-state index in [1.165, 1.54) is 16.2 Å². The smallest absolute Gasteiger partial charge is 0.210 e. The largest absolute Gasteiger partial charge is 0.468 e. The second-order valence-corrected chi connectivity index (χ2v) is 6.89. The average Bonchev–Trinajstić information content (AvgIpc) is 3.04. The number of hydrogen-bond donors (Lipinski definition) is 0. The Morgan fingerprint density at radius 3 is 3.00 bits per heavy atom. The van der Waals surface area contributed by atoms with E-state index in [1.54, 1.807) is 7.05 Å². The number of likely N-dealkylation sites (N-methyl/N-ethyl adjacent to an activating group) is 1. The first-order valence-corrected chi connectivity index (χ1v) is 9.06. The molecule has 1 aliphatic rings. The SMILES string of the molecule is CCOCOc1ccc2nc(C3=NC(Cl)C(N(C)C=O)C=C3)sc2c1. The summed E-state index contributed by atoms with van der Waals surface area (Å²) in [6.45, 7) is 2.75. The Morgan fingerprint density at radius 1 is 1.44 bits per heavy atom. The number of fused-ring (bicyclic) bond motifs is 1. The van der Waals surface area contributed by atoms with Crippen molar-refractivity contribution in [3.05, 3.63) is 35.4 Å². The minimum absolute atomic E-state index is 0.225. The van der Waals surface area contributed by atoms with Crippen LogP contribution in [-0.2, 0) is 9.53 Å². The van der Waals surface area contributed by atoms with E-state index in [1.807, 2.05) is 37.3 Å². The highest BCUT2D eigenvalue weighted by atomic mass is 35.5. The molecule has 1 amide bonds. The molecule has 2 aromatic rings. The van der Waals surface area contributed by atoms with Gasteiger partial charge in [0, 0.05) is 13.7 Å². The molecule has 1 aromatic heterocycles. The molecule has 0 N–H and O–H groups in total. The normalized spacial score (nSPS) is 19.7. The summed E-state index contributed by atoms with van der Waals surface area (Å²) in [6, 6.07) is 5.45. The second kappa shape index (κ2) is 7.95. The van der Waals surface area contributed by atoms with E-state index in [0.717, 1.165) is 27.4 Å². The number of thiazole rings is 1. The van der Waals surface area contributed by atoms with Crippen molar-refractivity contribution in [2.24, 2.45) is 4.99 Å². The van der Waals surface area contributed by atoms with Crippen LogP contribution in [0.4, 0.5) is 0 Å². The number of halogens is 1. The van der Waals surface area contributed by atoms with Gasteiger partial charge in [0.05, 0.1) is 22.0 Å². The van der Waals surface area contributed by atoms with E-state index in [2.05, 4.69) is 9.98 Å². The van der Waals surface area contributed by atoms with E-state index >= 15 is 0 Å². The van der Waals surface area contributed by atoms with Crippen LogP contribution in [0.15, 0.2) is 35.3 Å². The molecule has 2 atom stereocenters. The van der Waals surface area contributed by atoms with Crippen LogP contribution in [0.5, 0.6) is 5.75 Å². The first-order chi connectivity index (χ1) is 12.1. The van der Waals surface area contributed by atoms with Crippen LogP contribution >= 0.6 is 22.9 Å². The van der Waals surface area contributed by atoms with Crippen molar-refractivity contribution in [1.82, 2.24) is 9.88 Å². The molecule has 0 radical (unpaired) electrons. The summed E-state index contributed by atoms with van der Waals surface area (Å²) in [7, 11) is 1.68. The minimum atomic E-state index is -0.535. The number of carbonyl (C=O) groups is 1. The van der Waals surface area contributed by atoms with Crippen molar-refractivity contribution in [3.8, 4) is 5.75 Å². The summed E-state index contributed by atoms with van der Waals surface area (Å²) in [4.78, 5) is 21.5. The van der Waals surface area contributed by atoms with Crippen LogP contribution in [-0.4, -0.2) is 54.0 Å². The topological polar surface area (TPSA) is 64.0 Å². The molecule has 0 saturated heterocycles. The number of amides is 1. The predicted molar refractivity (Wildman–Crippen MR) is 99.7 cm³/mol. The summed E-state index contributed by atoms with van der Waals surface area (Å²) in [5, 5.41) is 0.783. The van der Waals surface area contributed by atoms with Gasteiger partial charge in [0.2, 0.25) is 6.41 Å². The van der Waals surface area contributed by atoms with E-state index in [-0.39, 0.29) is 12.8 Å². The second-order valence-electron chi connectivity index (χ2n) is 5.41. The molecule has 2 heterocycles. The van der Waals surface area contributed by atoms with Gasteiger partial charge in [-0.05, 0) is 31.2 Å². The zero-order chi connectivity index (χ0) is 17.8. The van der Waals surface area contributed by atoms with Crippen LogP contribution in [0.25, 0.3) is 10.2 Å². The maximum Gasteiger partial charge on any atom is 0.210 e. The Labute approximate surface area is 154 Å². The third-order valence-corrected chi connectivity index (χ3v) is 5.12. The Kier molecular flexibility index (Phi) is 5.67. The Bertz CT molecular complexity index is 821. The molecular weight excluding hydrogens is 362 g/mol. The lowest BCUT2D eigenvalue weighted by molar-refractivity contribution is -0.118. The number of dihydropyridines is 1. The van der Waals surface area contributed by atoms with Gasteiger partial charge in [-0.3, -0.25) is 9.79 Å². The van der Waals surface area contributed by atoms with Gasteiger partial charge in [0.25, 0.3) is 0 Å². The summed E-state index contributed by atoms with van der Waals surface area (Å²) >= 11 is 7.82. The van der Waals surface area contributed by atoms with Crippen molar-refractivity contribution in [2.75, 3.05) is 20.4 Å². The third kappa shape index (κ3) is 4.00. The van der Waals surface area contributed by atoms with Gasteiger partial charge in [-0.15, -0.1) is 11.3 Å². The predicted octanol–water partition coefficient (Wildman–Crippen LogP) is 3.05. The molecule has 25 heavy (non-hydrogen) atoms. The zero-order valence-corrected chi connectivity index (χ0v) is 15.5. The molecule has 1 aromatic carbocycles. The van der Waals surface area contributed by atoms with Gasteiger partial charge in [0.1, 0.15) is 16.3 Å². The van der Waals surface area contributed by atoms with Crippen molar-refractivity contribution in [3.63, 3.8) is 0 Å². The zero-order valence-electron chi connectivity index (χ0n) is 13.9. The Morgan fingerprint density at radius 2 is 2.28 bits per heavy atom. The highest BCUT2D eigenvalue weighted by Crippen LogP contribution is 2.28. The van der Waals surface area contributed by atoms with Gasteiger partial charge in [-0.25, -0.2) is 4.98 Å². The van der Waals surface area contributed by atoms with Crippen LogP contribution in [0.2, 0.25) is 0 Å². The fraction of sp³-hybridized carbons (Fsp3) is 0.353. The molecule has 132 valence electrons. The number of allylic oxidation sites excluding steroid dienone is 1. The fourth-order valence-corrected chi connectivity index (χ4v) is 3.70. The van der Waals surface area contributed by atoms with Gasteiger partial charge < -0.3 is 14.4 Å². The van der Waals surface area contributed by atoms with Crippen molar-refractivity contribution in [1.29, 1.82) is 0 Å². The molecule has 3 rings (SSSR count). The molecule has 0 spiro atoms. The van der Waals surface area contributed by atoms with E-state index in [9.17, 15) is 4.79 Å². The minimum Gasteiger partial charge on any atom is -0.468 e. The van der Waals surface area contributed by atoms with Gasteiger partial charge in [0.15, 0.2) is 6.79 Å². The molecule has 8 heteroatoms. The number of alkyl halides is 1. The van der Waals surface area contributed by atoms with Crippen LogP contribution in [0, 0.1) is 0 Å². The van der Waals surface area contributed by atoms with E-state index < -0.39 is 5.50 Å². The monoisotopic (exact) mass is 379 g/mol. The number of nitrogens with zero attached hydrogens (tertiary/aromatic N) is 3. The van der Waals surface area contributed by atoms with Crippen LogP contribution in [0.3, 0.4) is 0 Å². The standard InChI is InChI=1S/C17H18ClN3O3S/c1-3-23-10-24-11-4-5-12-15(8-11)25-17(20-12)13-6-7-14(16(18)19-13)21(2)9-22/h4-9,14,16H,3,10H2,1-2H3. The lowest BCUT2D eigenvalue weighted by Gasteiger charge is -2.26. The van der Waals surface area contributed by atoms with E-state index in [0.29, 0.717) is 12.3 Å². The summed E-state index contributed by atoms with van der Waals surface area (Å²) < 4.78 is 11.7. The van der Waals surface area contributed by atoms with Gasteiger partial charge >= 0.3 is 0 Å². The highest BCUT2D eigenvalue weighted by molar-refractivity contribution is 7.20. The third-order valence-electron chi connectivity index (χ3n) is 3.72. The number of carbonyl (C=O) groups excluding carboxylic acids is 1. The van der Waals surface area contributed by atoms with Gasteiger partial charge in [-0.2, -0.15) is 0 Å². The summed E-state index contributed by atoms with van der Waals surface area (Å²) in [6.07, 6.45) is 4.47. The Balaban J connectivity index is 1.80. The molecular formula is C17H18ClN3O3S. The maximum absolute atomic E-state index is 10.9. The number of aromatic nitrogens is 1. The number of benzene rings is 1. The number of aliphatic imine (C=N–C) groups is 1. The molecule has 1 aliphatic heterocycles. The van der Waals surface area contributed by atoms with E-state index in [4.69, 9.17) is 21.1 Å². The van der Waals surface area contributed by atoms with Crippen molar-refractivity contribution in [2.45, 2.75) is 18.5 Å². The first kappa shape index (κ1) is 17.8. The first-order valence-electron chi connectivity index (χ1n) is 7.81. The number of rotatable bonds is 7. The quantitative estimate of drug-likeness (QED) is 0.244. The molecule has 6 nitrogen and oxygen atoms in total. The van der Waals surface area contributed by atoms with Gasteiger partial charge in [-0.1, -0.05) is 17.7 Å². The summed E-state index contributed by atoms with van der Waals surface area (Å²) in [5.41, 5.74) is 1.05. The molecule has 2 unspecified atom stereocenters. The molecule has 0 aliphatic carbocycles. The van der Waals surface area contributed by atoms with Crippen molar-refractivity contribution >= 4 is 45.3 Å². The molecule has 0 bridgehead atoms. The number of ether oxygens (including phenoxy) is 2. The Hall–Kier alpha value is -1.96. The fourth-order valence-electron chi connectivity index (χ4n) is 2.36. The van der Waals surface area contributed by atoms with Crippen LogP contribution in [0.1, 0.15) is 11.9 Å². The summed E-state index contributed by atoms with van der Waals surface area (Å²) in [5.74, 6) is 0.736. The highest BCUT2D eigenvalue weighted by Gasteiger charge is 2.24. The lowest BCUT2D eigenvalue weighted by Crippen LogP contribution is -2.37. The molecule has 0 fully saturated rings. The maximum atomic E-state index is 10.9. The lowest BCUT2D eigenvalue weighted by atomic mass is 10.1. The number of hydrogen-bond acceptors (Lipinski definition) is 6.